The Hall–Kier alpha value is -3.89. The van der Waals surface area contributed by atoms with Crippen LogP contribution in [0.2, 0.25) is 0 Å². The quantitative estimate of drug-likeness (QED) is 0.211. The van der Waals surface area contributed by atoms with Gasteiger partial charge in [-0.3, -0.25) is 14.9 Å². The van der Waals surface area contributed by atoms with Gasteiger partial charge in [-0.05, 0) is 62.2 Å². The van der Waals surface area contributed by atoms with E-state index in [1.54, 1.807) is 18.2 Å². The maximum absolute atomic E-state index is 12.6. The summed E-state index contributed by atoms with van der Waals surface area (Å²) in [5.41, 5.74) is 3.83. The Bertz CT molecular complexity index is 1260. The lowest BCUT2D eigenvalue weighted by Gasteiger charge is -2.09. The summed E-state index contributed by atoms with van der Waals surface area (Å²) in [6, 6.07) is 19.8. The van der Waals surface area contributed by atoms with E-state index in [0.29, 0.717) is 16.1 Å². The maximum Gasteiger partial charge on any atom is 0.283 e. The van der Waals surface area contributed by atoms with Crippen LogP contribution >= 0.6 is 11.8 Å². The highest BCUT2D eigenvalue weighted by Crippen LogP contribution is 2.35. The Balaban J connectivity index is 1.87. The van der Waals surface area contributed by atoms with E-state index < -0.39 is 10.8 Å². The van der Waals surface area contributed by atoms with Crippen LogP contribution in [0.1, 0.15) is 22.3 Å². The van der Waals surface area contributed by atoms with E-state index in [9.17, 15) is 20.2 Å². The van der Waals surface area contributed by atoms with Gasteiger partial charge in [0.05, 0.1) is 9.82 Å². The number of nitro groups is 1. The topological polar surface area (TPSA) is 96.0 Å². The van der Waals surface area contributed by atoms with Crippen molar-refractivity contribution in [1.82, 2.24) is 0 Å². The molecule has 0 radical (unpaired) electrons. The fourth-order valence-corrected chi connectivity index (χ4v) is 3.95. The van der Waals surface area contributed by atoms with Crippen molar-refractivity contribution in [3.63, 3.8) is 0 Å². The fourth-order valence-electron chi connectivity index (χ4n) is 3.05. The Kier molecular flexibility index (Phi) is 7.08. The minimum atomic E-state index is -0.569. The van der Waals surface area contributed by atoms with Crippen LogP contribution in [-0.2, 0) is 4.79 Å². The minimum Gasteiger partial charge on any atom is -0.321 e. The number of anilines is 1. The molecule has 3 aromatic rings. The number of carbonyl (C=O) groups is 1. The summed E-state index contributed by atoms with van der Waals surface area (Å²) in [7, 11) is 0. The first-order valence-corrected chi connectivity index (χ1v) is 10.6. The van der Waals surface area contributed by atoms with Gasteiger partial charge < -0.3 is 5.32 Å². The molecule has 3 aromatic carbocycles. The van der Waals surface area contributed by atoms with Crippen molar-refractivity contribution in [2.75, 3.05) is 5.32 Å². The van der Waals surface area contributed by atoms with Gasteiger partial charge in [0, 0.05) is 16.6 Å². The first-order valence-electron chi connectivity index (χ1n) is 9.80. The molecule has 0 saturated carbocycles. The molecule has 0 atom stereocenters. The molecule has 1 amide bonds. The molecule has 0 heterocycles. The number of hydrogen-bond donors (Lipinski definition) is 1. The second-order valence-corrected chi connectivity index (χ2v) is 8.46. The van der Waals surface area contributed by atoms with Gasteiger partial charge in [0.2, 0.25) is 0 Å². The molecule has 0 unspecified atom stereocenters. The summed E-state index contributed by atoms with van der Waals surface area (Å²) < 4.78 is 0. The van der Waals surface area contributed by atoms with Gasteiger partial charge in [-0.2, -0.15) is 5.26 Å². The maximum atomic E-state index is 12.6. The Morgan fingerprint density at radius 3 is 2.34 bits per heavy atom. The highest BCUT2D eigenvalue weighted by molar-refractivity contribution is 7.99. The SMILES string of the molecule is Cc1ccc(Sc2ccc(/C=C(\C#N)C(=O)Nc3ccc(C)cc3C)cc2[N+](=O)[O-])cc1. The van der Waals surface area contributed by atoms with E-state index in [2.05, 4.69) is 5.32 Å². The van der Waals surface area contributed by atoms with Gasteiger partial charge in [0.1, 0.15) is 11.6 Å². The molecule has 0 saturated heterocycles. The molecular formula is C25H21N3O3S. The van der Waals surface area contributed by atoms with Crippen LogP contribution in [0.4, 0.5) is 11.4 Å². The average Bonchev–Trinajstić information content (AvgIpc) is 2.76. The molecule has 0 aliphatic heterocycles. The lowest BCUT2D eigenvalue weighted by atomic mass is 10.1. The predicted molar refractivity (Wildman–Crippen MR) is 127 cm³/mol. The largest absolute Gasteiger partial charge is 0.321 e. The predicted octanol–water partition coefficient (Wildman–Crippen LogP) is 6.22. The second-order valence-electron chi connectivity index (χ2n) is 7.34. The van der Waals surface area contributed by atoms with E-state index in [4.69, 9.17) is 0 Å². The summed E-state index contributed by atoms with van der Waals surface area (Å²) in [5, 5.41) is 23.9. The summed E-state index contributed by atoms with van der Waals surface area (Å²) in [6.07, 6.45) is 1.35. The third-order valence-electron chi connectivity index (χ3n) is 4.73. The Morgan fingerprint density at radius 2 is 1.72 bits per heavy atom. The fraction of sp³-hybridized carbons (Fsp3) is 0.120. The molecule has 6 nitrogen and oxygen atoms in total. The average molecular weight is 444 g/mol. The number of nitriles is 1. The molecule has 32 heavy (non-hydrogen) atoms. The van der Waals surface area contributed by atoms with E-state index in [1.165, 1.54) is 23.9 Å². The van der Waals surface area contributed by atoms with Crippen molar-refractivity contribution in [1.29, 1.82) is 5.26 Å². The van der Waals surface area contributed by atoms with E-state index in [-0.39, 0.29) is 11.3 Å². The second kappa shape index (κ2) is 9.94. The lowest BCUT2D eigenvalue weighted by molar-refractivity contribution is -0.387. The van der Waals surface area contributed by atoms with Gasteiger partial charge in [-0.15, -0.1) is 0 Å². The van der Waals surface area contributed by atoms with Crippen LogP contribution in [0.15, 0.2) is 76.0 Å². The van der Waals surface area contributed by atoms with Crippen molar-refractivity contribution < 1.29 is 9.72 Å². The van der Waals surface area contributed by atoms with Crippen molar-refractivity contribution in [2.24, 2.45) is 0 Å². The Labute approximate surface area is 190 Å². The first kappa shape index (κ1) is 22.8. The normalized spacial score (nSPS) is 11.0. The van der Waals surface area contributed by atoms with Crippen molar-refractivity contribution in [3.05, 3.63) is 98.6 Å². The number of rotatable bonds is 6. The molecule has 0 spiro atoms. The van der Waals surface area contributed by atoms with Gasteiger partial charge in [0.25, 0.3) is 11.6 Å². The molecule has 0 aromatic heterocycles. The smallest absolute Gasteiger partial charge is 0.283 e. The number of nitro benzene ring substituents is 1. The number of amides is 1. The van der Waals surface area contributed by atoms with Crippen molar-refractivity contribution in [3.8, 4) is 6.07 Å². The monoisotopic (exact) mass is 443 g/mol. The van der Waals surface area contributed by atoms with E-state index >= 15 is 0 Å². The third-order valence-corrected chi connectivity index (χ3v) is 5.81. The first-order chi connectivity index (χ1) is 15.3. The van der Waals surface area contributed by atoms with Gasteiger partial charge >= 0.3 is 0 Å². The van der Waals surface area contributed by atoms with Crippen LogP contribution < -0.4 is 5.32 Å². The molecule has 0 aliphatic rings. The minimum absolute atomic E-state index is 0.0867. The summed E-state index contributed by atoms with van der Waals surface area (Å²) in [6.45, 7) is 5.79. The van der Waals surface area contributed by atoms with Crippen LogP contribution in [0.3, 0.4) is 0 Å². The highest BCUT2D eigenvalue weighted by atomic mass is 32.2. The number of carbonyl (C=O) groups excluding carboxylic acids is 1. The summed E-state index contributed by atoms with van der Waals surface area (Å²) >= 11 is 1.29. The molecule has 0 bridgehead atoms. The number of hydrogen-bond acceptors (Lipinski definition) is 5. The zero-order chi connectivity index (χ0) is 23.3. The molecule has 160 valence electrons. The molecule has 0 aliphatic carbocycles. The van der Waals surface area contributed by atoms with Gasteiger partial charge in [-0.25, -0.2) is 0 Å². The number of nitrogens with one attached hydrogen (secondary N) is 1. The summed E-state index contributed by atoms with van der Waals surface area (Å²) in [4.78, 5) is 25.1. The zero-order valence-corrected chi connectivity index (χ0v) is 18.7. The number of benzene rings is 3. The van der Waals surface area contributed by atoms with Gasteiger partial charge in [0.15, 0.2) is 0 Å². The highest BCUT2D eigenvalue weighted by Gasteiger charge is 2.17. The third kappa shape index (κ3) is 5.62. The summed E-state index contributed by atoms with van der Waals surface area (Å²) in [5.74, 6) is -0.569. The molecular weight excluding hydrogens is 422 g/mol. The van der Waals surface area contributed by atoms with Crippen LogP contribution in [0.25, 0.3) is 6.08 Å². The van der Waals surface area contributed by atoms with Crippen LogP contribution in [-0.4, -0.2) is 10.8 Å². The molecule has 1 N–H and O–H groups in total. The standard InChI is InChI=1S/C25H21N3O3S/c1-16-4-8-21(9-5-16)32-24-11-7-19(14-23(24)28(30)31)13-20(15-26)25(29)27-22-10-6-17(2)12-18(22)3/h4-14H,1-3H3,(H,27,29)/b20-13+. The molecule has 3 rings (SSSR count). The van der Waals surface area contributed by atoms with Crippen molar-refractivity contribution in [2.45, 2.75) is 30.6 Å². The van der Waals surface area contributed by atoms with E-state index in [0.717, 1.165) is 21.6 Å². The molecule has 0 fully saturated rings. The zero-order valence-electron chi connectivity index (χ0n) is 17.9. The number of nitrogens with zero attached hydrogens (tertiary/aromatic N) is 2. The Morgan fingerprint density at radius 1 is 1.03 bits per heavy atom. The van der Waals surface area contributed by atoms with E-state index in [1.807, 2.05) is 63.2 Å². The van der Waals surface area contributed by atoms with Crippen molar-refractivity contribution >= 4 is 35.1 Å². The van der Waals surface area contributed by atoms with Crippen LogP contribution in [0, 0.1) is 42.2 Å². The number of aryl methyl sites for hydroxylation is 3. The lowest BCUT2D eigenvalue weighted by Crippen LogP contribution is -2.14. The van der Waals surface area contributed by atoms with Crippen LogP contribution in [0.5, 0.6) is 0 Å². The molecule has 7 heteroatoms. The van der Waals surface area contributed by atoms with Gasteiger partial charge in [-0.1, -0.05) is 53.2 Å².